The third kappa shape index (κ3) is 3.33. The van der Waals surface area contributed by atoms with Crippen LogP contribution in [0.25, 0.3) is 0 Å². The highest BCUT2D eigenvalue weighted by Gasteiger charge is 2.15. The number of aryl methyl sites for hydroxylation is 4. The quantitative estimate of drug-likeness (QED) is 0.779. The van der Waals surface area contributed by atoms with Crippen LogP contribution in [0.3, 0.4) is 0 Å². The maximum atomic E-state index is 12.6. The van der Waals surface area contributed by atoms with Crippen molar-refractivity contribution in [2.75, 3.05) is 7.11 Å². The summed E-state index contributed by atoms with van der Waals surface area (Å²) in [6, 6.07) is 9.96. The molecule has 0 N–H and O–H groups in total. The van der Waals surface area contributed by atoms with Gasteiger partial charge in [-0.2, -0.15) is 0 Å². The summed E-state index contributed by atoms with van der Waals surface area (Å²) in [5, 5.41) is 0. The monoisotopic (exact) mass is 282 g/mol. The van der Waals surface area contributed by atoms with Crippen molar-refractivity contribution in [3.8, 4) is 5.75 Å². The molecule has 21 heavy (non-hydrogen) atoms. The van der Waals surface area contributed by atoms with Gasteiger partial charge in [0.1, 0.15) is 5.75 Å². The zero-order valence-electron chi connectivity index (χ0n) is 13.4. The summed E-state index contributed by atoms with van der Waals surface area (Å²) in [4.78, 5) is 12.6. The molecule has 0 saturated carbocycles. The van der Waals surface area contributed by atoms with Gasteiger partial charge in [-0.25, -0.2) is 0 Å². The minimum Gasteiger partial charge on any atom is -0.496 e. The smallest absolute Gasteiger partial charge is 0.170 e. The Bertz CT molecular complexity index is 661. The molecule has 0 spiro atoms. The highest BCUT2D eigenvalue weighted by molar-refractivity contribution is 6.00. The van der Waals surface area contributed by atoms with Gasteiger partial charge >= 0.3 is 0 Å². The second kappa shape index (κ2) is 6.13. The zero-order chi connectivity index (χ0) is 15.6. The van der Waals surface area contributed by atoms with E-state index >= 15 is 0 Å². The predicted molar refractivity (Wildman–Crippen MR) is 86.4 cm³/mol. The molecular weight excluding hydrogens is 260 g/mol. The number of hydrogen-bond acceptors (Lipinski definition) is 2. The molecule has 0 saturated heterocycles. The van der Waals surface area contributed by atoms with Crippen LogP contribution < -0.4 is 4.74 Å². The lowest BCUT2D eigenvalue weighted by atomic mass is 9.93. The van der Waals surface area contributed by atoms with Crippen molar-refractivity contribution in [2.24, 2.45) is 0 Å². The minimum absolute atomic E-state index is 0.0990. The molecule has 0 unspecified atom stereocenters. The Hall–Kier alpha value is -2.09. The molecule has 0 aliphatic rings. The van der Waals surface area contributed by atoms with Crippen molar-refractivity contribution in [3.63, 3.8) is 0 Å². The molecule has 2 nitrogen and oxygen atoms in total. The number of ether oxygens (including phenoxy) is 1. The minimum atomic E-state index is 0.0990. The van der Waals surface area contributed by atoms with E-state index in [-0.39, 0.29) is 5.78 Å². The number of hydrogen-bond donors (Lipinski definition) is 0. The van der Waals surface area contributed by atoms with Crippen LogP contribution in [0.1, 0.15) is 38.2 Å². The van der Waals surface area contributed by atoms with Crippen LogP contribution in [-0.4, -0.2) is 12.9 Å². The molecule has 0 aliphatic heterocycles. The zero-order valence-corrected chi connectivity index (χ0v) is 13.4. The van der Waals surface area contributed by atoms with Crippen molar-refractivity contribution >= 4 is 5.78 Å². The molecular formula is C19H22O2. The molecule has 0 fully saturated rings. The molecule has 110 valence electrons. The van der Waals surface area contributed by atoms with E-state index in [1.807, 2.05) is 25.1 Å². The number of carbonyl (C=O) groups excluding carboxylic acids is 1. The number of rotatable bonds is 4. The maximum absolute atomic E-state index is 12.6. The van der Waals surface area contributed by atoms with E-state index in [9.17, 15) is 4.79 Å². The van der Waals surface area contributed by atoms with Crippen LogP contribution >= 0.6 is 0 Å². The van der Waals surface area contributed by atoms with E-state index in [1.54, 1.807) is 7.11 Å². The van der Waals surface area contributed by atoms with E-state index < -0.39 is 0 Å². The van der Waals surface area contributed by atoms with Crippen LogP contribution in [0.4, 0.5) is 0 Å². The summed E-state index contributed by atoms with van der Waals surface area (Å²) in [7, 11) is 1.61. The van der Waals surface area contributed by atoms with Crippen molar-refractivity contribution in [3.05, 3.63) is 63.7 Å². The normalized spacial score (nSPS) is 10.5. The lowest BCUT2D eigenvalue weighted by Gasteiger charge is -2.13. The molecule has 0 aliphatic carbocycles. The summed E-state index contributed by atoms with van der Waals surface area (Å²) < 4.78 is 5.34. The first-order valence-corrected chi connectivity index (χ1v) is 7.17. The van der Waals surface area contributed by atoms with Gasteiger partial charge < -0.3 is 4.74 Å². The molecule has 0 atom stereocenters. The van der Waals surface area contributed by atoms with E-state index in [1.165, 1.54) is 16.7 Å². The fraction of sp³-hybridized carbons (Fsp3) is 0.316. The maximum Gasteiger partial charge on any atom is 0.170 e. The lowest BCUT2D eigenvalue weighted by Crippen LogP contribution is -2.08. The molecule has 0 bridgehead atoms. The molecule has 2 aromatic carbocycles. The Kier molecular flexibility index (Phi) is 4.46. The SMILES string of the molecule is COc1cc(C)ccc1C(=O)Cc1c(C)cc(C)cc1C. The second-order valence-corrected chi connectivity index (χ2v) is 5.68. The fourth-order valence-corrected chi connectivity index (χ4v) is 2.77. The van der Waals surface area contributed by atoms with Gasteiger partial charge in [0.25, 0.3) is 0 Å². The number of Topliss-reactive ketones (excluding diaryl/α,β-unsaturated/α-hetero) is 1. The van der Waals surface area contributed by atoms with Gasteiger partial charge in [0.2, 0.25) is 0 Å². The standard InChI is InChI=1S/C19H22O2/c1-12-6-7-16(19(10-12)21-5)18(20)11-17-14(3)8-13(2)9-15(17)4/h6-10H,11H2,1-5H3. The second-order valence-electron chi connectivity index (χ2n) is 5.68. The van der Waals surface area contributed by atoms with Gasteiger partial charge in [-0.05, 0) is 62.1 Å². The topological polar surface area (TPSA) is 26.3 Å². The van der Waals surface area contributed by atoms with Crippen LogP contribution in [0.5, 0.6) is 5.75 Å². The summed E-state index contributed by atoms with van der Waals surface area (Å²) in [5.41, 5.74) is 6.44. The van der Waals surface area contributed by atoms with Crippen LogP contribution in [-0.2, 0) is 6.42 Å². The Morgan fingerprint density at radius 2 is 1.57 bits per heavy atom. The molecule has 2 aromatic rings. The van der Waals surface area contributed by atoms with Gasteiger partial charge in [0.15, 0.2) is 5.78 Å². The Labute approximate surface area is 126 Å². The number of methoxy groups -OCH3 is 1. The van der Waals surface area contributed by atoms with Crippen LogP contribution in [0, 0.1) is 27.7 Å². The average Bonchev–Trinajstić information content (AvgIpc) is 2.42. The summed E-state index contributed by atoms with van der Waals surface area (Å²) in [6.07, 6.45) is 0.414. The highest BCUT2D eigenvalue weighted by atomic mass is 16.5. The van der Waals surface area contributed by atoms with E-state index in [2.05, 4.69) is 32.9 Å². The molecule has 0 radical (unpaired) electrons. The van der Waals surface area contributed by atoms with Crippen LogP contribution in [0.15, 0.2) is 30.3 Å². The predicted octanol–water partition coefficient (Wildman–Crippen LogP) is 4.35. The third-order valence-corrected chi connectivity index (χ3v) is 3.84. The molecule has 2 rings (SSSR count). The molecule has 0 aromatic heterocycles. The highest BCUT2D eigenvalue weighted by Crippen LogP contribution is 2.24. The van der Waals surface area contributed by atoms with E-state index in [0.29, 0.717) is 17.7 Å². The lowest BCUT2D eigenvalue weighted by molar-refractivity contribution is 0.0989. The molecule has 0 amide bonds. The van der Waals surface area contributed by atoms with Gasteiger partial charge in [-0.1, -0.05) is 23.8 Å². The van der Waals surface area contributed by atoms with Crippen molar-refractivity contribution < 1.29 is 9.53 Å². The van der Waals surface area contributed by atoms with E-state index in [0.717, 1.165) is 11.1 Å². The van der Waals surface area contributed by atoms with Gasteiger partial charge in [0.05, 0.1) is 12.7 Å². The van der Waals surface area contributed by atoms with E-state index in [4.69, 9.17) is 4.74 Å². The Morgan fingerprint density at radius 1 is 0.952 bits per heavy atom. The summed E-state index contributed by atoms with van der Waals surface area (Å²) in [6.45, 7) is 8.20. The number of benzene rings is 2. The van der Waals surface area contributed by atoms with Gasteiger partial charge in [-0.15, -0.1) is 0 Å². The first kappa shape index (κ1) is 15.3. The van der Waals surface area contributed by atoms with Gasteiger partial charge in [0, 0.05) is 6.42 Å². The first-order valence-electron chi connectivity index (χ1n) is 7.17. The Morgan fingerprint density at radius 3 is 2.14 bits per heavy atom. The number of carbonyl (C=O) groups is 1. The van der Waals surface area contributed by atoms with Gasteiger partial charge in [-0.3, -0.25) is 4.79 Å². The first-order chi connectivity index (χ1) is 9.92. The van der Waals surface area contributed by atoms with Crippen molar-refractivity contribution in [1.29, 1.82) is 0 Å². The van der Waals surface area contributed by atoms with Crippen molar-refractivity contribution in [2.45, 2.75) is 34.1 Å². The molecule has 2 heteroatoms. The fourth-order valence-electron chi connectivity index (χ4n) is 2.77. The van der Waals surface area contributed by atoms with Crippen molar-refractivity contribution in [1.82, 2.24) is 0 Å². The molecule has 0 heterocycles. The largest absolute Gasteiger partial charge is 0.496 e. The Balaban J connectivity index is 2.35. The third-order valence-electron chi connectivity index (χ3n) is 3.84. The average molecular weight is 282 g/mol. The van der Waals surface area contributed by atoms with Crippen LogP contribution in [0.2, 0.25) is 0 Å². The summed E-state index contributed by atoms with van der Waals surface area (Å²) >= 11 is 0. The number of ketones is 1. The summed E-state index contributed by atoms with van der Waals surface area (Å²) in [5.74, 6) is 0.754.